The van der Waals surface area contributed by atoms with Crippen LogP contribution in [-0.2, 0) is 6.42 Å². The van der Waals surface area contributed by atoms with E-state index in [1.807, 2.05) is 12.3 Å². The highest BCUT2D eigenvalue weighted by Crippen LogP contribution is 2.21. The zero-order valence-electron chi connectivity index (χ0n) is 8.19. The zero-order chi connectivity index (χ0) is 9.97. The van der Waals surface area contributed by atoms with Gasteiger partial charge >= 0.3 is 0 Å². The van der Waals surface area contributed by atoms with Crippen LogP contribution in [0, 0.1) is 6.92 Å². The SMILES string of the molecule is CCc1nc(-c2nccnc2C)cs1. The fraction of sp³-hybridized carbons (Fsp3) is 0.300. The van der Waals surface area contributed by atoms with Crippen molar-refractivity contribution in [1.82, 2.24) is 15.0 Å². The number of aryl methyl sites for hydroxylation is 2. The summed E-state index contributed by atoms with van der Waals surface area (Å²) in [6.07, 6.45) is 4.38. The first-order valence-corrected chi connectivity index (χ1v) is 5.41. The maximum Gasteiger partial charge on any atom is 0.111 e. The van der Waals surface area contributed by atoms with Gasteiger partial charge in [0.2, 0.25) is 0 Å². The molecule has 2 rings (SSSR count). The summed E-state index contributed by atoms with van der Waals surface area (Å²) in [4.78, 5) is 12.9. The Morgan fingerprint density at radius 2 is 2.07 bits per heavy atom. The molecule has 0 atom stereocenters. The zero-order valence-corrected chi connectivity index (χ0v) is 9.01. The molecule has 3 nitrogen and oxygen atoms in total. The fourth-order valence-electron chi connectivity index (χ4n) is 1.24. The lowest BCUT2D eigenvalue weighted by molar-refractivity contribution is 1.07. The summed E-state index contributed by atoms with van der Waals surface area (Å²) in [5.41, 5.74) is 2.77. The summed E-state index contributed by atoms with van der Waals surface area (Å²) in [5.74, 6) is 0. The molecule has 0 saturated heterocycles. The minimum absolute atomic E-state index is 0.892. The highest BCUT2D eigenvalue weighted by molar-refractivity contribution is 7.09. The lowest BCUT2D eigenvalue weighted by atomic mass is 10.3. The Bertz CT molecular complexity index is 436. The van der Waals surface area contributed by atoms with E-state index in [1.165, 1.54) is 0 Å². The summed E-state index contributed by atoms with van der Waals surface area (Å²) in [5, 5.41) is 3.18. The monoisotopic (exact) mass is 205 g/mol. The van der Waals surface area contributed by atoms with Crippen molar-refractivity contribution in [3.63, 3.8) is 0 Å². The molecule has 0 aliphatic rings. The molecule has 0 N–H and O–H groups in total. The molecule has 14 heavy (non-hydrogen) atoms. The average molecular weight is 205 g/mol. The predicted molar refractivity (Wildman–Crippen MR) is 57.3 cm³/mol. The number of rotatable bonds is 2. The Morgan fingerprint density at radius 3 is 2.71 bits per heavy atom. The van der Waals surface area contributed by atoms with Crippen LogP contribution in [0.4, 0.5) is 0 Å². The van der Waals surface area contributed by atoms with E-state index in [0.717, 1.165) is 28.5 Å². The van der Waals surface area contributed by atoms with Gasteiger partial charge in [-0.25, -0.2) is 4.98 Å². The molecule has 0 fully saturated rings. The lowest BCUT2D eigenvalue weighted by Crippen LogP contribution is -1.91. The molecule has 0 aliphatic carbocycles. The van der Waals surface area contributed by atoms with Crippen LogP contribution < -0.4 is 0 Å². The van der Waals surface area contributed by atoms with E-state index in [1.54, 1.807) is 23.7 Å². The second-order valence-electron chi connectivity index (χ2n) is 2.97. The number of thiazole rings is 1. The van der Waals surface area contributed by atoms with Crippen molar-refractivity contribution in [2.75, 3.05) is 0 Å². The van der Waals surface area contributed by atoms with Crippen molar-refractivity contribution < 1.29 is 0 Å². The molecule has 0 radical (unpaired) electrons. The molecule has 0 saturated carbocycles. The highest BCUT2D eigenvalue weighted by Gasteiger charge is 2.07. The number of hydrogen-bond donors (Lipinski definition) is 0. The average Bonchev–Trinajstić information content (AvgIpc) is 2.67. The highest BCUT2D eigenvalue weighted by atomic mass is 32.1. The molecule has 4 heteroatoms. The van der Waals surface area contributed by atoms with Crippen molar-refractivity contribution >= 4 is 11.3 Å². The maximum absolute atomic E-state index is 4.48. The van der Waals surface area contributed by atoms with Gasteiger partial charge in [-0.05, 0) is 13.3 Å². The van der Waals surface area contributed by atoms with Crippen molar-refractivity contribution in [2.24, 2.45) is 0 Å². The van der Waals surface area contributed by atoms with E-state index < -0.39 is 0 Å². The largest absolute Gasteiger partial charge is 0.258 e. The Labute approximate surface area is 86.9 Å². The van der Waals surface area contributed by atoms with Gasteiger partial charge in [-0.1, -0.05) is 6.92 Å². The molecule has 0 unspecified atom stereocenters. The van der Waals surface area contributed by atoms with E-state index in [2.05, 4.69) is 21.9 Å². The smallest absolute Gasteiger partial charge is 0.111 e. The second-order valence-corrected chi connectivity index (χ2v) is 3.91. The fourth-order valence-corrected chi connectivity index (χ4v) is 1.97. The molecule has 72 valence electrons. The summed E-state index contributed by atoms with van der Waals surface area (Å²) in [7, 11) is 0. The third kappa shape index (κ3) is 1.65. The van der Waals surface area contributed by atoms with Crippen molar-refractivity contribution in [3.05, 3.63) is 28.5 Å². The summed E-state index contributed by atoms with van der Waals surface area (Å²) in [6.45, 7) is 4.06. The van der Waals surface area contributed by atoms with Gasteiger partial charge in [0.15, 0.2) is 0 Å². The molecule has 2 aromatic heterocycles. The normalized spacial score (nSPS) is 10.4. The van der Waals surface area contributed by atoms with Crippen molar-refractivity contribution in [2.45, 2.75) is 20.3 Å². The van der Waals surface area contributed by atoms with Crippen LogP contribution in [-0.4, -0.2) is 15.0 Å². The summed E-state index contributed by atoms with van der Waals surface area (Å²) >= 11 is 1.67. The van der Waals surface area contributed by atoms with Crippen LogP contribution in [0.15, 0.2) is 17.8 Å². The van der Waals surface area contributed by atoms with Gasteiger partial charge in [-0.15, -0.1) is 11.3 Å². The third-order valence-electron chi connectivity index (χ3n) is 1.98. The van der Waals surface area contributed by atoms with E-state index >= 15 is 0 Å². The van der Waals surface area contributed by atoms with E-state index in [9.17, 15) is 0 Å². The van der Waals surface area contributed by atoms with Gasteiger partial charge in [0.1, 0.15) is 11.4 Å². The Kier molecular flexibility index (Phi) is 2.54. The molecule has 2 aromatic rings. The molecule has 0 aliphatic heterocycles. The number of nitrogens with zero attached hydrogens (tertiary/aromatic N) is 3. The van der Waals surface area contributed by atoms with Gasteiger partial charge in [0.25, 0.3) is 0 Å². The van der Waals surface area contributed by atoms with Crippen LogP contribution in [0.1, 0.15) is 17.6 Å². The lowest BCUT2D eigenvalue weighted by Gasteiger charge is -1.98. The van der Waals surface area contributed by atoms with Crippen LogP contribution in [0.2, 0.25) is 0 Å². The van der Waals surface area contributed by atoms with Gasteiger partial charge in [-0.2, -0.15) is 0 Å². The number of aromatic nitrogens is 3. The molecule has 0 amide bonds. The number of hydrogen-bond acceptors (Lipinski definition) is 4. The van der Waals surface area contributed by atoms with Gasteiger partial charge in [-0.3, -0.25) is 9.97 Å². The van der Waals surface area contributed by atoms with Gasteiger partial charge < -0.3 is 0 Å². The first-order valence-electron chi connectivity index (χ1n) is 4.53. The van der Waals surface area contributed by atoms with E-state index in [-0.39, 0.29) is 0 Å². The molecular formula is C10H11N3S. The summed E-state index contributed by atoms with van der Waals surface area (Å²) < 4.78 is 0. The summed E-state index contributed by atoms with van der Waals surface area (Å²) in [6, 6.07) is 0. The maximum atomic E-state index is 4.48. The molecular weight excluding hydrogens is 194 g/mol. The van der Waals surface area contributed by atoms with Crippen LogP contribution in [0.5, 0.6) is 0 Å². The second kappa shape index (κ2) is 3.84. The third-order valence-corrected chi connectivity index (χ3v) is 2.97. The topological polar surface area (TPSA) is 38.7 Å². The predicted octanol–water partition coefficient (Wildman–Crippen LogP) is 2.47. The quantitative estimate of drug-likeness (QED) is 0.756. The minimum atomic E-state index is 0.892. The van der Waals surface area contributed by atoms with E-state index in [0.29, 0.717) is 0 Å². The Morgan fingerprint density at radius 1 is 1.29 bits per heavy atom. The molecule has 2 heterocycles. The van der Waals surface area contributed by atoms with Gasteiger partial charge in [0.05, 0.1) is 10.7 Å². The Hall–Kier alpha value is -1.29. The standard InChI is InChI=1S/C10H11N3S/c1-3-9-13-8(6-14-9)10-7(2)11-4-5-12-10/h4-6H,3H2,1-2H3. The first-order chi connectivity index (χ1) is 6.81. The van der Waals surface area contributed by atoms with E-state index in [4.69, 9.17) is 0 Å². The molecule has 0 aromatic carbocycles. The van der Waals surface area contributed by atoms with Crippen molar-refractivity contribution in [3.8, 4) is 11.4 Å². The van der Waals surface area contributed by atoms with Crippen LogP contribution in [0.3, 0.4) is 0 Å². The van der Waals surface area contributed by atoms with Crippen LogP contribution >= 0.6 is 11.3 Å². The molecule has 0 bridgehead atoms. The van der Waals surface area contributed by atoms with Crippen molar-refractivity contribution in [1.29, 1.82) is 0 Å². The first kappa shape index (κ1) is 9.27. The minimum Gasteiger partial charge on any atom is -0.258 e. The molecule has 0 spiro atoms. The van der Waals surface area contributed by atoms with Gasteiger partial charge in [0, 0.05) is 17.8 Å². The van der Waals surface area contributed by atoms with Crippen LogP contribution in [0.25, 0.3) is 11.4 Å². The Balaban J connectivity index is 2.44.